The Morgan fingerprint density at radius 2 is 1.08 bits per heavy atom. The summed E-state index contributed by atoms with van der Waals surface area (Å²) in [4.78, 5) is 9.03. The number of hydrogen-bond donors (Lipinski definition) is 0. The molecule has 0 fully saturated rings. The SMILES string of the molecule is COC(=O)[O-].[2H]C([2H])([2H])[P+](c1ccccc1)(c1ccccc1)c1ccccc1. The van der Waals surface area contributed by atoms with Gasteiger partial charge in [0.25, 0.3) is 6.16 Å². The first kappa shape index (κ1) is 14.7. The van der Waals surface area contributed by atoms with Crippen molar-refractivity contribution in [2.75, 3.05) is 13.7 Å². The van der Waals surface area contributed by atoms with E-state index in [9.17, 15) is 0 Å². The summed E-state index contributed by atoms with van der Waals surface area (Å²) in [5, 5.41) is 11.7. The van der Waals surface area contributed by atoms with Crippen LogP contribution >= 0.6 is 7.26 Å². The van der Waals surface area contributed by atoms with Crippen LogP contribution in [0.1, 0.15) is 4.11 Å². The summed E-state index contributed by atoms with van der Waals surface area (Å²) in [6, 6.07) is 29.0. The maximum atomic E-state index is 9.03. The molecule has 0 spiro atoms. The molecule has 3 aromatic carbocycles. The van der Waals surface area contributed by atoms with Crippen LogP contribution in [0.3, 0.4) is 0 Å². The Balaban J connectivity index is 0.000000500. The van der Waals surface area contributed by atoms with Gasteiger partial charge < -0.3 is 14.6 Å². The number of methoxy groups -OCH3 is 1. The van der Waals surface area contributed by atoms with Crippen molar-refractivity contribution in [3.05, 3.63) is 91.0 Å². The zero-order valence-corrected chi connectivity index (χ0v) is 14.7. The van der Waals surface area contributed by atoms with Gasteiger partial charge in [-0.15, -0.1) is 0 Å². The Morgan fingerprint density at radius 3 is 1.28 bits per heavy atom. The average Bonchev–Trinajstić information content (AvgIpc) is 2.70. The van der Waals surface area contributed by atoms with Crippen LogP contribution in [0.5, 0.6) is 0 Å². The topological polar surface area (TPSA) is 49.4 Å². The van der Waals surface area contributed by atoms with Crippen molar-refractivity contribution in [2.24, 2.45) is 0 Å². The van der Waals surface area contributed by atoms with Crippen LogP contribution in [0.15, 0.2) is 91.0 Å². The molecule has 4 heteroatoms. The second-order valence-corrected chi connectivity index (χ2v) is 8.02. The fourth-order valence-electron chi connectivity index (χ4n) is 2.40. The molecule has 0 N–H and O–H groups in total. The van der Waals surface area contributed by atoms with E-state index in [1.807, 2.05) is 91.0 Å². The molecular weight excluding hydrogens is 331 g/mol. The van der Waals surface area contributed by atoms with E-state index in [1.54, 1.807) is 0 Å². The molecule has 3 aromatic rings. The third-order valence-corrected chi connectivity index (χ3v) is 6.82. The van der Waals surface area contributed by atoms with Crippen molar-refractivity contribution in [3.8, 4) is 0 Å². The van der Waals surface area contributed by atoms with Gasteiger partial charge in [-0.05, 0) is 36.4 Å². The van der Waals surface area contributed by atoms with Crippen LogP contribution in [0.25, 0.3) is 0 Å². The van der Waals surface area contributed by atoms with Crippen LogP contribution in [0.4, 0.5) is 4.79 Å². The Labute approximate surface area is 153 Å². The third-order valence-electron chi connectivity index (χ3n) is 3.60. The van der Waals surface area contributed by atoms with E-state index < -0.39 is 20.0 Å². The lowest BCUT2D eigenvalue weighted by atomic mass is 10.4. The molecule has 0 atom stereocenters. The zero-order valence-electron chi connectivity index (χ0n) is 16.8. The van der Waals surface area contributed by atoms with Crippen LogP contribution in [0, 0.1) is 0 Å². The van der Waals surface area contributed by atoms with Crippen molar-refractivity contribution in [2.45, 2.75) is 0 Å². The summed E-state index contributed by atoms with van der Waals surface area (Å²) in [6.07, 6.45) is -1.50. The van der Waals surface area contributed by atoms with Gasteiger partial charge in [-0.25, -0.2) is 0 Å². The van der Waals surface area contributed by atoms with Crippen molar-refractivity contribution >= 4 is 29.3 Å². The molecule has 0 unspecified atom stereocenters. The van der Waals surface area contributed by atoms with Gasteiger partial charge in [-0.2, -0.15) is 0 Å². The molecule has 3 rings (SSSR count). The maximum Gasteiger partial charge on any atom is 0.251 e. The predicted molar refractivity (Wildman–Crippen MR) is 103 cm³/mol. The largest absolute Gasteiger partial charge is 0.553 e. The number of carbonyl (C=O) groups excluding carboxylic acids is 1. The molecule has 25 heavy (non-hydrogen) atoms. The zero-order chi connectivity index (χ0) is 20.6. The highest BCUT2D eigenvalue weighted by atomic mass is 31.2. The first-order chi connectivity index (χ1) is 13.3. The molecule has 0 saturated carbocycles. The van der Waals surface area contributed by atoms with E-state index >= 15 is 0 Å². The molecule has 0 amide bonds. The first-order valence-corrected chi connectivity index (χ1v) is 9.44. The van der Waals surface area contributed by atoms with Crippen molar-refractivity contribution < 1.29 is 18.8 Å². The fourth-order valence-corrected chi connectivity index (χ4v) is 5.15. The molecule has 0 radical (unpaired) electrons. The molecular formula is C21H21O3P. The highest BCUT2D eigenvalue weighted by molar-refractivity contribution is 7.95. The van der Waals surface area contributed by atoms with Gasteiger partial charge in [-0.1, -0.05) is 54.6 Å². The third kappa shape index (κ3) is 4.68. The second kappa shape index (κ2) is 9.00. The highest BCUT2D eigenvalue weighted by Crippen LogP contribution is 2.51. The van der Waals surface area contributed by atoms with Gasteiger partial charge in [-0.3, -0.25) is 0 Å². The fraction of sp³-hybridized carbons (Fsp3) is 0.0952. The minimum absolute atomic E-state index is 0.886. The predicted octanol–water partition coefficient (Wildman–Crippen LogP) is 2.59. The lowest BCUT2D eigenvalue weighted by Crippen LogP contribution is -2.30. The average molecular weight is 355 g/mol. The summed E-state index contributed by atoms with van der Waals surface area (Å²) >= 11 is 0. The monoisotopic (exact) mass is 355 g/mol. The molecule has 0 aliphatic carbocycles. The van der Waals surface area contributed by atoms with Crippen LogP contribution in [-0.4, -0.2) is 19.9 Å². The molecule has 0 bridgehead atoms. The van der Waals surface area contributed by atoms with E-state index in [0.717, 1.165) is 23.0 Å². The van der Waals surface area contributed by atoms with E-state index in [0.29, 0.717) is 0 Å². The maximum absolute atomic E-state index is 9.03. The number of carboxylic acid groups (broad SMARTS) is 1. The minimum atomic E-state index is -2.74. The van der Waals surface area contributed by atoms with E-state index in [-0.39, 0.29) is 0 Å². The Morgan fingerprint density at radius 1 is 0.800 bits per heavy atom. The van der Waals surface area contributed by atoms with Gasteiger partial charge in [0.05, 0.1) is 10.7 Å². The van der Waals surface area contributed by atoms with Crippen molar-refractivity contribution in [1.82, 2.24) is 0 Å². The molecule has 0 aliphatic heterocycles. The number of hydrogen-bond acceptors (Lipinski definition) is 3. The summed E-state index contributed by atoms with van der Waals surface area (Å²) in [5.74, 6) is 0. The molecule has 128 valence electrons. The molecule has 0 aromatic heterocycles. The normalized spacial score (nSPS) is 12.6. The van der Waals surface area contributed by atoms with Crippen LogP contribution in [-0.2, 0) is 4.74 Å². The first-order valence-electron chi connectivity index (χ1n) is 9.15. The van der Waals surface area contributed by atoms with E-state index in [4.69, 9.17) is 14.0 Å². The summed E-state index contributed by atoms with van der Waals surface area (Å²) in [7, 11) is -1.70. The van der Waals surface area contributed by atoms with Gasteiger partial charge in [0, 0.05) is 7.11 Å². The van der Waals surface area contributed by atoms with Gasteiger partial charge >= 0.3 is 0 Å². The van der Waals surface area contributed by atoms with Gasteiger partial charge in [0.2, 0.25) is 0 Å². The number of ether oxygens (including phenoxy) is 1. The lowest BCUT2D eigenvalue weighted by molar-refractivity contribution is -0.279. The summed E-state index contributed by atoms with van der Waals surface area (Å²) in [6.45, 7) is -2.11. The lowest BCUT2D eigenvalue weighted by Gasteiger charge is -2.22. The Kier molecular flexibility index (Phi) is 5.29. The van der Waals surface area contributed by atoms with Crippen LogP contribution in [0.2, 0.25) is 0 Å². The quantitative estimate of drug-likeness (QED) is 0.536. The standard InChI is InChI=1S/C19H18P.C2H4O3/c1-20(17-11-5-2-6-12-17,18-13-7-3-8-14-18)19-15-9-4-10-16-19;1-5-2(3)4/h2-16H,1H3;1H3,(H,3,4)/q+1;/p-1/i1D3;. The smallest absolute Gasteiger partial charge is 0.251 e. The molecule has 0 heterocycles. The number of benzene rings is 3. The number of rotatable bonds is 3. The van der Waals surface area contributed by atoms with E-state index in [1.165, 1.54) is 0 Å². The second-order valence-electron chi connectivity index (χ2n) is 5.13. The summed E-state index contributed by atoms with van der Waals surface area (Å²) in [5.41, 5.74) is 0. The molecule has 0 aliphatic rings. The Hall–Kier alpha value is -2.64. The Bertz CT molecular complexity index is 773. The summed E-state index contributed by atoms with van der Waals surface area (Å²) < 4.78 is 28.9. The molecule has 3 nitrogen and oxygen atoms in total. The van der Waals surface area contributed by atoms with Gasteiger partial charge in [0.1, 0.15) is 23.2 Å². The van der Waals surface area contributed by atoms with Crippen LogP contribution < -0.4 is 21.0 Å². The van der Waals surface area contributed by atoms with Crippen molar-refractivity contribution in [3.63, 3.8) is 0 Å². The van der Waals surface area contributed by atoms with E-state index in [2.05, 4.69) is 4.74 Å². The molecule has 0 saturated heterocycles. The minimum Gasteiger partial charge on any atom is -0.553 e. The van der Waals surface area contributed by atoms with Gasteiger partial charge in [0.15, 0.2) is 0 Å². The highest BCUT2D eigenvalue weighted by Gasteiger charge is 2.39. The van der Waals surface area contributed by atoms with Crippen molar-refractivity contribution in [1.29, 1.82) is 0 Å². The number of carbonyl (C=O) groups is 1.